The smallest absolute Gasteiger partial charge is 0.251 e. The second-order valence-corrected chi connectivity index (χ2v) is 5.45. The molecule has 0 atom stereocenters. The summed E-state index contributed by atoms with van der Waals surface area (Å²) in [4.78, 5) is 23.8. The number of hydrogen-bond donors (Lipinski definition) is 2. The molecule has 19 heavy (non-hydrogen) atoms. The summed E-state index contributed by atoms with van der Waals surface area (Å²) in [6, 6.07) is 5.37. The Labute approximate surface area is 113 Å². The number of carbonyl (C=O) groups excluding carboxylic acids is 2. The number of amides is 2. The van der Waals surface area contributed by atoms with Gasteiger partial charge in [0.15, 0.2) is 0 Å². The van der Waals surface area contributed by atoms with E-state index in [9.17, 15) is 9.59 Å². The second kappa shape index (κ2) is 5.03. The van der Waals surface area contributed by atoms with Gasteiger partial charge >= 0.3 is 0 Å². The number of nitrogens with one attached hydrogen (secondary N) is 2. The van der Waals surface area contributed by atoms with Gasteiger partial charge in [0.2, 0.25) is 5.91 Å². The summed E-state index contributed by atoms with van der Waals surface area (Å²) in [6.07, 6.45) is 2.03. The van der Waals surface area contributed by atoms with Crippen molar-refractivity contribution in [2.75, 3.05) is 11.9 Å². The van der Waals surface area contributed by atoms with Crippen LogP contribution in [0.5, 0.6) is 0 Å². The second-order valence-electron chi connectivity index (χ2n) is 5.45. The van der Waals surface area contributed by atoms with Gasteiger partial charge in [-0.1, -0.05) is 13.3 Å². The molecule has 0 fully saturated rings. The molecule has 0 saturated heterocycles. The third-order valence-corrected chi connectivity index (χ3v) is 3.59. The Kier molecular flexibility index (Phi) is 3.60. The quantitative estimate of drug-likeness (QED) is 0.817. The summed E-state index contributed by atoms with van der Waals surface area (Å²) in [5.41, 5.74) is 1.73. The zero-order chi connectivity index (χ0) is 14.0. The molecule has 1 heterocycles. The largest absolute Gasteiger partial charge is 0.352 e. The first kappa shape index (κ1) is 13.6. The van der Waals surface area contributed by atoms with Crippen LogP contribution in [0, 0.1) is 0 Å². The molecule has 1 aliphatic rings. The van der Waals surface area contributed by atoms with Crippen LogP contribution < -0.4 is 10.6 Å². The first-order chi connectivity index (χ1) is 8.96. The lowest BCUT2D eigenvalue weighted by atomic mass is 9.85. The summed E-state index contributed by atoms with van der Waals surface area (Å²) in [6.45, 7) is 6.51. The Hall–Kier alpha value is -1.84. The molecular weight excluding hydrogens is 240 g/mol. The van der Waals surface area contributed by atoms with Crippen LogP contribution in [0.2, 0.25) is 0 Å². The van der Waals surface area contributed by atoms with E-state index in [1.807, 2.05) is 19.9 Å². The lowest BCUT2D eigenvalue weighted by molar-refractivity contribution is -0.119. The molecule has 1 aromatic carbocycles. The van der Waals surface area contributed by atoms with Gasteiger partial charge in [0.05, 0.1) is 5.41 Å². The van der Waals surface area contributed by atoms with Gasteiger partial charge in [-0.05, 0) is 44.0 Å². The van der Waals surface area contributed by atoms with Crippen LogP contribution >= 0.6 is 0 Å². The maximum Gasteiger partial charge on any atom is 0.251 e. The molecule has 0 bridgehead atoms. The van der Waals surface area contributed by atoms with Crippen LogP contribution in [0.25, 0.3) is 0 Å². The molecular formula is C15H20N2O2. The lowest BCUT2D eigenvalue weighted by Gasteiger charge is -2.15. The highest BCUT2D eigenvalue weighted by Crippen LogP contribution is 2.37. The third kappa shape index (κ3) is 2.48. The number of rotatable bonds is 4. The van der Waals surface area contributed by atoms with Crippen molar-refractivity contribution in [3.8, 4) is 0 Å². The molecule has 0 spiro atoms. The SMILES string of the molecule is CCCCNC(=O)c1ccc2c(c1)C(C)(C)C(=O)N2. The molecule has 2 N–H and O–H groups in total. The van der Waals surface area contributed by atoms with Gasteiger partial charge in [-0.3, -0.25) is 9.59 Å². The zero-order valence-corrected chi connectivity index (χ0v) is 11.7. The van der Waals surface area contributed by atoms with Crippen LogP contribution in [0.4, 0.5) is 5.69 Å². The minimum absolute atomic E-state index is 0.0222. The molecule has 1 aliphatic heterocycles. The molecule has 2 rings (SSSR count). The summed E-state index contributed by atoms with van der Waals surface area (Å²) in [5.74, 6) is -0.0996. The number of benzene rings is 1. The van der Waals surface area contributed by atoms with Crippen molar-refractivity contribution in [1.29, 1.82) is 0 Å². The van der Waals surface area contributed by atoms with Gasteiger partial charge in [-0.2, -0.15) is 0 Å². The molecule has 0 radical (unpaired) electrons. The average molecular weight is 260 g/mol. The van der Waals surface area contributed by atoms with Gasteiger partial charge in [0, 0.05) is 17.8 Å². The van der Waals surface area contributed by atoms with Crippen molar-refractivity contribution < 1.29 is 9.59 Å². The number of anilines is 1. The minimum Gasteiger partial charge on any atom is -0.352 e. The van der Waals surface area contributed by atoms with E-state index < -0.39 is 5.41 Å². The first-order valence-electron chi connectivity index (χ1n) is 6.71. The van der Waals surface area contributed by atoms with Crippen LogP contribution in [-0.4, -0.2) is 18.4 Å². The van der Waals surface area contributed by atoms with E-state index in [1.165, 1.54) is 0 Å². The third-order valence-electron chi connectivity index (χ3n) is 3.59. The van der Waals surface area contributed by atoms with Crippen molar-refractivity contribution in [3.05, 3.63) is 29.3 Å². The van der Waals surface area contributed by atoms with Gasteiger partial charge in [-0.15, -0.1) is 0 Å². The van der Waals surface area contributed by atoms with E-state index in [1.54, 1.807) is 12.1 Å². The molecule has 0 aliphatic carbocycles. The van der Waals surface area contributed by atoms with E-state index in [2.05, 4.69) is 17.6 Å². The van der Waals surface area contributed by atoms with Gasteiger partial charge in [-0.25, -0.2) is 0 Å². The molecule has 2 amide bonds. The van der Waals surface area contributed by atoms with Crippen LogP contribution in [0.1, 0.15) is 49.5 Å². The maximum absolute atomic E-state index is 12.0. The van der Waals surface area contributed by atoms with E-state index in [0.29, 0.717) is 12.1 Å². The number of hydrogen-bond acceptors (Lipinski definition) is 2. The van der Waals surface area contributed by atoms with Crippen LogP contribution in [-0.2, 0) is 10.2 Å². The fourth-order valence-corrected chi connectivity index (χ4v) is 2.19. The highest BCUT2D eigenvalue weighted by molar-refractivity contribution is 6.07. The number of carbonyl (C=O) groups is 2. The van der Waals surface area contributed by atoms with Crippen LogP contribution in [0.3, 0.4) is 0 Å². The Morgan fingerprint density at radius 3 is 2.79 bits per heavy atom. The standard InChI is InChI=1S/C15H20N2O2/c1-4-5-8-16-13(18)10-6-7-12-11(9-10)15(2,3)14(19)17-12/h6-7,9H,4-5,8H2,1-3H3,(H,16,18)(H,17,19). The van der Waals surface area contributed by atoms with Gasteiger partial charge in [0.25, 0.3) is 5.91 Å². The summed E-state index contributed by atoms with van der Waals surface area (Å²) < 4.78 is 0. The maximum atomic E-state index is 12.0. The fourth-order valence-electron chi connectivity index (χ4n) is 2.19. The monoisotopic (exact) mass is 260 g/mol. The molecule has 102 valence electrons. The van der Waals surface area contributed by atoms with Crippen molar-refractivity contribution in [2.45, 2.75) is 39.0 Å². The first-order valence-corrected chi connectivity index (χ1v) is 6.71. The van der Waals surface area contributed by atoms with E-state index >= 15 is 0 Å². The average Bonchev–Trinajstić information content (AvgIpc) is 2.60. The lowest BCUT2D eigenvalue weighted by Crippen LogP contribution is -2.27. The van der Waals surface area contributed by atoms with E-state index in [-0.39, 0.29) is 11.8 Å². The Balaban J connectivity index is 2.20. The molecule has 0 aromatic heterocycles. The predicted molar refractivity (Wildman–Crippen MR) is 75.3 cm³/mol. The van der Waals surface area contributed by atoms with Crippen molar-refractivity contribution >= 4 is 17.5 Å². The predicted octanol–water partition coefficient (Wildman–Crippen LogP) is 2.45. The van der Waals surface area contributed by atoms with Crippen molar-refractivity contribution in [3.63, 3.8) is 0 Å². The Morgan fingerprint density at radius 1 is 1.37 bits per heavy atom. The molecule has 1 aromatic rings. The Bertz CT molecular complexity index is 521. The summed E-state index contributed by atoms with van der Waals surface area (Å²) in [7, 11) is 0. The molecule has 4 heteroatoms. The zero-order valence-electron chi connectivity index (χ0n) is 11.7. The summed E-state index contributed by atoms with van der Waals surface area (Å²) in [5, 5.41) is 5.72. The molecule has 0 saturated carbocycles. The number of unbranched alkanes of at least 4 members (excludes halogenated alkanes) is 1. The van der Waals surface area contributed by atoms with Gasteiger partial charge in [0.1, 0.15) is 0 Å². The highest BCUT2D eigenvalue weighted by Gasteiger charge is 2.38. The van der Waals surface area contributed by atoms with Crippen LogP contribution in [0.15, 0.2) is 18.2 Å². The summed E-state index contributed by atoms with van der Waals surface area (Å²) >= 11 is 0. The molecule has 0 unspecified atom stereocenters. The van der Waals surface area contributed by atoms with Gasteiger partial charge < -0.3 is 10.6 Å². The topological polar surface area (TPSA) is 58.2 Å². The van der Waals surface area contributed by atoms with Crippen molar-refractivity contribution in [2.24, 2.45) is 0 Å². The number of fused-ring (bicyclic) bond motifs is 1. The Morgan fingerprint density at radius 2 is 2.11 bits per heavy atom. The highest BCUT2D eigenvalue weighted by atomic mass is 16.2. The normalized spacial score (nSPS) is 15.8. The van der Waals surface area contributed by atoms with E-state index in [0.717, 1.165) is 24.1 Å². The minimum atomic E-state index is -0.574. The van der Waals surface area contributed by atoms with Crippen molar-refractivity contribution in [1.82, 2.24) is 5.32 Å². The molecule has 4 nitrogen and oxygen atoms in total. The van der Waals surface area contributed by atoms with E-state index in [4.69, 9.17) is 0 Å². The fraction of sp³-hybridized carbons (Fsp3) is 0.467.